The summed E-state index contributed by atoms with van der Waals surface area (Å²) in [5, 5.41) is 6.11. The Hall–Kier alpha value is -2.02. The molecule has 0 fully saturated rings. The molecule has 0 bridgehead atoms. The average Bonchev–Trinajstić information content (AvgIpc) is 2.69. The van der Waals surface area contributed by atoms with Crippen LogP contribution in [-0.2, 0) is 0 Å². The number of aromatic amines is 1. The SMILES string of the molecule is CC(C)(C)[C@H](N)c1n[nH]c(=O)n1-c1ccc(F)cc1F. The summed E-state index contributed by atoms with van der Waals surface area (Å²) >= 11 is 0. The average molecular weight is 282 g/mol. The molecule has 0 aliphatic carbocycles. The highest BCUT2D eigenvalue weighted by Gasteiger charge is 2.28. The van der Waals surface area contributed by atoms with Gasteiger partial charge in [0.2, 0.25) is 0 Å². The Bertz CT molecular complexity index is 684. The number of halogens is 2. The molecule has 0 aliphatic heterocycles. The Labute approximate surface area is 114 Å². The van der Waals surface area contributed by atoms with Crippen LogP contribution >= 0.6 is 0 Å². The maximum absolute atomic E-state index is 13.9. The van der Waals surface area contributed by atoms with Gasteiger partial charge in [0, 0.05) is 6.07 Å². The van der Waals surface area contributed by atoms with Crippen LogP contribution in [0.2, 0.25) is 0 Å². The first-order chi connectivity index (χ1) is 9.21. The van der Waals surface area contributed by atoms with E-state index >= 15 is 0 Å². The molecule has 1 heterocycles. The lowest BCUT2D eigenvalue weighted by Crippen LogP contribution is -2.31. The molecule has 1 atom stereocenters. The molecule has 108 valence electrons. The van der Waals surface area contributed by atoms with Crippen molar-refractivity contribution in [2.45, 2.75) is 26.8 Å². The van der Waals surface area contributed by atoms with E-state index in [9.17, 15) is 13.6 Å². The fourth-order valence-corrected chi connectivity index (χ4v) is 1.80. The Balaban J connectivity index is 2.63. The molecule has 0 saturated heterocycles. The molecule has 5 nitrogen and oxygen atoms in total. The highest BCUT2D eigenvalue weighted by molar-refractivity contribution is 5.35. The number of H-pyrrole nitrogens is 1. The lowest BCUT2D eigenvalue weighted by molar-refractivity contribution is 0.311. The monoisotopic (exact) mass is 282 g/mol. The van der Waals surface area contributed by atoms with Crippen molar-refractivity contribution in [1.29, 1.82) is 0 Å². The molecule has 2 rings (SSSR count). The predicted octanol–water partition coefficient (Wildman–Crippen LogP) is 1.88. The Morgan fingerprint density at radius 3 is 2.55 bits per heavy atom. The van der Waals surface area contributed by atoms with Gasteiger partial charge in [-0.15, -0.1) is 0 Å². The van der Waals surface area contributed by atoms with Gasteiger partial charge in [0.05, 0.1) is 11.7 Å². The van der Waals surface area contributed by atoms with E-state index < -0.39 is 23.4 Å². The normalized spacial score (nSPS) is 13.5. The molecule has 0 amide bonds. The quantitative estimate of drug-likeness (QED) is 0.883. The first-order valence-electron chi connectivity index (χ1n) is 6.10. The number of nitrogens with two attached hydrogens (primary N) is 1. The number of rotatable bonds is 2. The zero-order valence-corrected chi connectivity index (χ0v) is 11.4. The summed E-state index contributed by atoms with van der Waals surface area (Å²) in [4.78, 5) is 11.8. The van der Waals surface area contributed by atoms with Crippen molar-refractivity contribution in [2.75, 3.05) is 0 Å². The standard InChI is InChI=1S/C13H16F2N4O/c1-13(2,3)10(16)11-17-18-12(20)19(11)9-5-4-7(14)6-8(9)15/h4-6,10H,16H2,1-3H3,(H,18,20)/t10-/m1/s1. The topological polar surface area (TPSA) is 76.7 Å². The van der Waals surface area contributed by atoms with Crippen LogP contribution in [0.1, 0.15) is 32.6 Å². The number of hydrogen-bond acceptors (Lipinski definition) is 3. The van der Waals surface area contributed by atoms with E-state index in [1.165, 1.54) is 6.07 Å². The van der Waals surface area contributed by atoms with E-state index in [0.717, 1.165) is 10.6 Å². The smallest absolute Gasteiger partial charge is 0.321 e. The molecule has 1 aromatic carbocycles. The summed E-state index contributed by atoms with van der Waals surface area (Å²) in [7, 11) is 0. The number of nitrogens with one attached hydrogen (secondary N) is 1. The summed E-state index contributed by atoms with van der Waals surface area (Å²) in [5.41, 5.74) is 4.99. The van der Waals surface area contributed by atoms with Gasteiger partial charge in [-0.1, -0.05) is 20.8 Å². The minimum absolute atomic E-state index is 0.0835. The van der Waals surface area contributed by atoms with Crippen LogP contribution in [0.3, 0.4) is 0 Å². The van der Waals surface area contributed by atoms with Crippen LogP contribution in [0.5, 0.6) is 0 Å². The van der Waals surface area contributed by atoms with Gasteiger partial charge in [0.15, 0.2) is 5.82 Å². The minimum atomic E-state index is -0.851. The summed E-state index contributed by atoms with van der Waals surface area (Å²) < 4.78 is 27.8. The van der Waals surface area contributed by atoms with Crippen LogP contribution in [0.25, 0.3) is 5.69 Å². The number of benzene rings is 1. The van der Waals surface area contributed by atoms with Gasteiger partial charge in [0.1, 0.15) is 11.6 Å². The zero-order chi connectivity index (χ0) is 15.1. The van der Waals surface area contributed by atoms with Crippen LogP contribution in [0.15, 0.2) is 23.0 Å². The Morgan fingerprint density at radius 2 is 2.00 bits per heavy atom. The van der Waals surface area contributed by atoms with Crippen LogP contribution in [-0.4, -0.2) is 14.8 Å². The van der Waals surface area contributed by atoms with Crippen molar-refractivity contribution in [3.05, 3.63) is 46.1 Å². The van der Waals surface area contributed by atoms with Gasteiger partial charge < -0.3 is 5.73 Å². The van der Waals surface area contributed by atoms with Crippen LogP contribution in [0, 0.1) is 17.0 Å². The van der Waals surface area contributed by atoms with Crippen molar-refractivity contribution < 1.29 is 8.78 Å². The first-order valence-corrected chi connectivity index (χ1v) is 6.10. The molecule has 2 aromatic rings. The Morgan fingerprint density at radius 1 is 1.35 bits per heavy atom. The van der Waals surface area contributed by atoms with Crippen molar-refractivity contribution in [3.8, 4) is 5.69 Å². The third-order valence-electron chi connectivity index (χ3n) is 3.06. The molecule has 0 saturated carbocycles. The maximum Gasteiger partial charge on any atom is 0.348 e. The lowest BCUT2D eigenvalue weighted by Gasteiger charge is -2.26. The molecule has 0 spiro atoms. The molecular weight excluding hydrogens is 266 g/mol. The van der Waals surface area contributed by atoms with E-state index in [0.29, 0.717) is 6.07 Å². The summed E-state index contributed by atoms with van der Waals surface area (Å²) in [6.07, 6.45) is 0. The van der Waals surface area contributed by atoms with Crippen molar-refractivity contribution in [3.63, 3.8) is 0 Å². The van der Waals surface area contributed by atoms with Gasteiger partial charge >= 0.3 is 5.69 Å². The van der Waals surface area contributed by atoms with Crippen molar-refractivity contribution in [2.24, 2.45) is 11.1 Å². The zero-order valence-electron chi connectivity index (χ0n) is 11.4. The van der Waals surface area contributed by atoms with Crippen molar-refractivity contribution >= 4 is 0 Å². The third kappa shape index (κ3) is 2.49. The van der Waals surface area contributed by atoms with Crippen LogP contribution in [0.4, 0.5) is 8.78 Å². The Kier molecular flexibility index (Phi) is 3.47. The fraction of sp³-hybridized carbons (Fsp3) is 0.385. The second-order valence-electron chi connectivity index (χ2n) is 5.66. The van der Waals surface area contributed by atoms with E-state index in [2.05, 4.69) is 10.2 Å². The minimum Gasteiger partial charge on any atom is -0.321 e. The number of hydrogen-bond donors (Lipinski definition) is 2. The van der Waals surface area contributed by atoms with E-state index in [1.54, 1.807) is 0 Å². The molecule has 0 unspecified atom stereocenters. The molecule has 7 heteroatoms. The second-order valence-corrected chi connectivity index (χ2v) is 5.66. The molecule has 3 N–H and O–H groups in total. The molecule has 0 aliphatic rings. The fourth-order valence-electron chi connectivity index (χ4n) is 1.80. The number of aromatic nitrogens is 3. The second kappa shape index (κ2) is 4.82. The molecule has 0 radical (unpaired) electrons. The van der Waals surface area contributed by atoms with Crippen molar-refractivity contribution in [1.82, 2.24) is 14.8 Å². The lowest BCUT2D eigenvalue weighted by atomic mass is 9.87. The third-order valence-corrected chi connectivity index (χ3v) is 3.06. The van der Waals surface area contributed by atoms with E-state index in [4.69, 9.17) is 5.73 Å². The maximum atomic E-state index is 13.9. The van der Waals surface area contributed by atoms with Gasteiger partial charge in [-0.3, -0.25) is 0 Å². The summed E-state index contributed by atoms with van der Waals surface area (Å²) in [5.74, 6) is -1.37. The highest BCUT2D eigenvalue weighted by atomic mass is 19.1. The van der Waals surface area contributed by atoms with Crippen LogP contribution < -0.4 is 11.4 Å². The largest absolute Gasteiger partial charge is 0.348 e. The van der Waals surface area contributed by atoms with Gasteiger partial charge in [-0.25, -0.2) is 23.2 Å². The molecule has 20 heavy (non-hydrogen) atoms. The summed E-state index contributed by atoms with van der Waals surface area (Å²) in [6.45, 7) is 5.63. The van der Waals surface area contributed by atoms with Gasteiger partial charge in [-0.2, -0.15) is 5.10 Å². The van der Waals surface area contributed by atoms with Gasteiger partial charge in [0.25, 0.3) is 0 Å². The first kappa shape index (κ1) is 14.4. The molecular formula is C13H16F2N4O. The van der Waals surface area contributed by atoms with E-state index in [1.807, 2.05) is 20.8 Å². The summed E-state index contributed by atoms with van der Waals surface area (Å²) in [6, 6.07) is 2.37. The predicted molar refractivity (Wildman–Crippen MR) is 70.5 cm³/mol. The van der Waals surface area contributed by atoms with E-state index in [-0.39, 0.29) is 16.9 Å². The highest BCUT2D eigenvalue weighted by Crippen LogP contribution is 2.29. The van der Waals surface area contributed by atoms with Gasteiger partial charge in [-0.05, 0) is 17.5 Å². The molecule has 1 aromatic heterocycles. The number of nitrogens with zero attached hydrogens (tertiary/aromatic N) is 2.